The molecule has 1 aromatic carbocycles. The summed E-state index contributed by atoms with van der Waals surface area (Å²) >= 11 is 1.16. The van der Waals surface area contributed by atoms with Crippen molar-refractivity contribution in [1.82, 2.24) is 14.4 Å². The maximum atomic E-state index is 11.6. The number of hydrogen-bond donors (Lipinski definition) is 2. The summed E-state index contributed by atoms with van der Waals surface area (Å²) in [6, 6.07) is 5.95. The number of rotatable bonds is 8. The SMILES string of the molecule is COc1cc2nccc(N3CC(CCNSNC(=O)OC(C)(C)C)C3)c2cc1OC. The van der Waals surface area contributed by atoms with Crippen molar-refractivity contribution >= 4 is 34.8 Å². The van der Waals surface area contributed by atoms with Crippen LogP contribution in [0.2, 0.25) is 0 Å². The lowest BCUT2D eigenvalue weighted by atomic mass is 9.95. The lowest BCUT2D eigenvalue weighted by molar-refractivity contribution is 0.0574. The van der Waals surface area contributed by atoms with Gasteiger partial charge in [0.15, 0.2) is 11.5 Å². The zero-order valence-corrected chi connectivity index (χ0v) is 19.0. The van der Waals surface area contributed by atoms with Gasteiger partial charge in [0.1, 0.15) is 5.60 Å². The Kier molecular flexibility index (Phi) is 7.14. The first-order valence-electron chi connectivity index (χ1n) is 9.94. The highest BCUT2D eigenvalue weighted by Crippen LogP contribution is 2.37. The Morgan fingerprint density at radius 1 is 1.23 bits per heavy atom. The number of benzene rings is 1. The lowest BCUT2D eigenvalue weighted by Gasteiger charge is -2.41. The number of carbonyl (C=O) groups excluding carboxylic acids is 1. The molecule has 0 spiro atoms. The van der Waals surface area contributed by atoms with Gasteiger partial charge in [0.2, 0.25) is 0 Å². The monoisotopic (exact) mass is 434 g/mol. The fourth-order valence-electron chi connectivity index (χ4n) is 3.37. The highest BCUT2D eigenvalue weighted by atomic mass is 32.2. The zero-order chi connectivity index (χ0) is 21.7. The van der Waals surface area contributed by atoms with Crippen molar-refractivity contribution < 1.29 is 19.0 Å². The number of methoxy groups -OCH3 is 2. The molecular weight excluding hydrogens is 404 g/mol. The molecule has 1 aromatic heterocycles. The maximum absolute atomic E-state index is 11.6. The van der Waals surface area contributed by atoms with Gasteiger partial charge in [-0.15, -0.1) is 0 Å². The van der Waals surface area contributed by atoms with Gasteiger partial charge in [-0.2, -0.15) is 0 Å². The molecule has 1 aliphatic rings. The number of anilines is 1. The first-order chi connectivity index (χ1) is 14.3. The second kappa shape index (κ2) is 9.61. The van der Waals surface area contributed by atoms with E-state index in [9.17, 15) is 4.79 Å². The van der Waals surface area contributed by atoms with Crippen LogP contribution in [-0.2, 0) is 4.74 Å². The highest BCUT2D eigenvalue weighted by molar-refractivity contribution is 7.96. The Balaban J connectivity index is 1.46. The molecule has 0 unspecified atom stereocenters. The molecule has 0 aliphatic carbocycles. The van der Waals surface area contributed by atoms with E-state index in [1.54, 1.807) is 14.2 Å². The fourth-order valence-corrected chi connectivity index (χ4v) is 3.79. The summed E-state index contributed by atoms with van der Waals surface area (Å²) in [7, 11) is 3.27. The molecule has 1 fully saturated rings. The Morgan fingerprint density at radius 3 is 2.60 bits per heavy atom. The van der Waals surface area contributed by atoms with Gasteiger partial charge < -0.3 is 19.1 Å². The molecule has 3 rings (SSSR count). The van der Waals surface area contributed by atoms with E-state index in [-0.39, 0.29) is 0 Å². The number of nitrogens with one attached hydrogen (secondary N) is 2. The van der Waals surface area contributed by atoms with E-state index in [0.29, 0.717) is 17.4 Å². The van der Waals surface area contributed by atoms with E-state index in [4.69, 9.17) is 14.2 Å². The largest absolute Gasteiger partial charge is 0.493 e. The van der Waals surface area contributed by atoms with Crippen LogP contribution < -0.4 is 23.8 Å². The third-order valence-electron chi connectivity index (χ3n) is 4.78. The second-order valence-electron chi connectivity index (χ2n) is 8.21. The molecule has 1 saturated heterocycles. The minimum absolute atomic E-state index is 0.438. The molecule has 0 radical (unpaired) electrons. The third-order valence-corrected chi connectivity index (χ3v) is 5.40. The van der Waals surface area contributed by atoms with Crippen LogP contribution >= 0.6 is 12.1 Å². The number of hydrogen-bond acceptors (Lipinski definition) is 8. The fraction of sp³-hybridized carbons (Fsp3) is 0.524. The molecule has 1 amide bonds. The quantitative estimate of drug-likeness (QED) is 0.480. The van der Waals surface area contributed by atoms with Crippen molar-refractivity contribution in [3.63, 3.8) is 0 Å². The van der Waals surface area contributed by atoms with Gasteiger partial charge in [-0.1, -0.05) is 0 Å². The topological polar surface area (TPSA) is 85.0 Å². The smallest absolute Gasteiger partial charge is 0.418 e. The zero-order valence-electron chi connectivity index (χ0n) is 18.2. The molecule has 0 bridgehead atoms. The summed E-state index contributed by atoms with van der Waals surface area (Å²) in [5.74, 6) is 1.98. The molecule has 2 aromatic rings. The van der Waals surface area contributed by atoms with Crippen molar-refractivity contribution in [2.75, 3.05) is 38.8 Å². The van der Waals surface area contributed by atoms with Gasteiger partial charge in [-0.3, -0.25) is 9.71 Å². The van der Waals surface area contributed by atoms with Crippen LogP contribution in [0.15, 0.2) is 24.4 Å². The molecule has 0 atom stereocenters. The molecule has 2 N–H and O–H groups in total. The predicted octanol–water partition coefficient (Wildman–Crippen LogP) is 3.76. The average Bonchev–Trinajstić information content (AvgIpc) is 2.66. The summed E-state index contributed by atoms with van der Waals surface area (Å²) in [5.41, 5.74) is 1.55. The Bertz CT molecular complexity index is 881. The van der Waals surface area contributed by atoms with Crippen molar-refractivity contribution in [3.8, 4) is 11.5 Å². The minimum atomic E-state index is -0.494. The van der Waals surface area contributed by atoms with Crippen LogP contribution in [0.4, 0.5) is 10.5 Å². The van der Waals surface area contributed by atoms with Crippen LogP contribution in [0.5, 0.6) is 11.5 Å². The van der Waals surface area contributed by atoms with Gasteiger partial charge in [0, 0.05) is 55.1 Å². The van der Waals surface area contributed by atoms with Crippen LogP contribution in [0.3, 0.4) is 0 Å². The van der Waals surface area contributed by atoms with E-state index in [0.717, 1.165) is 54.8 Å². The maximum Gasteiger partial charge on any atom is 0.418 e. The normalized spacial score (nSPS) is 14.4. The summed E-state index contributed by atoms with van der Waals surface area (Å²) in [6.45, 7) is 8.29. The number of pyridine rings is 1. The van der Waals surface area contributed by atoms with Gasteiger partial charge in [-0.25, -0.2) is 9.52 Å². The molecule has 30 heavy (non-hydrogen) atoms. The van der Waals surface area contributed by atoms with E-state index < -0.39 is 11.7 Å². The van der Waals surface area contributed by atoms with Gasteiger partial charge >= 0.3 is 6.09 Å². The van der Waals surface area contributed by atoms with Crippen molar-refractivity contribution in [2.24, 2.45) is 5.92 Å². The van der Waals surface area contributed by atoms with Crippen LogP contribution in [-0.4, -0.2) is 50.5 Å². The number of fused-ring (bicyclic) bond motifs is 1. The molecule has 9 heteroatoms. The number of aromatic nitrogens is 1. The van der Waals surface area contributed by atoms with Gasteiger partial charge in [-0.05, 0) is 45.2 Å². The standard InChI is InChI=1S/C21H30N4O4S/c1-21(2,3)29-20(26)24-30-23-9-6-14-12-25(13-14)17-7-8-22-16-11-19(28-5)18(27-4)10-15(16)17/h7-8,10-11,14,23H,6,9,12-13H2,1-5H3,(H,24,26). The number of ether oxygens (including phenoxy) is 3. The lowest BCUT2D eigenvalue weighted by Crippen LogP contribution is -2.47. The summed E-state index contributed by atoms with van der Waals surface area (Å²) in [4.78, 5) is 18.4. The third kappa shape index (κ3) is 5.60. The first-order valence-corrected chi connectivity index (χ1v) is 10.8. The minimum Gasteiger partial charge on any atom is -0.493 e. The molecule has 8 nitrogen and oxygen atoms in total. The number of carbonyl (C=O) groups is 1. The Hall–Kier alpha value is -2.39. The second-order valence-corrected chi connectivity index (χ2v) is 8.91. The molecule has 164 valence electrons. The summed E-state index contributed by atoms with van der Waals surface area (Å²) in [5, 5.41) is 1.06. The Labute approximate surface area is 181 Å². The van der Waals surface area contributed by atoms with Crippen LogP contribution in [0.1, 0.15) is 27.2 Å². The van der Waals surface area contributed by atoms with Crippen LogP contribution in [0.25, 0.3) is 10.9 Å². The van der Waals surface area contributed by atoms with Crippen molar-refractivity contribution in [3.05, 3.63) is 24.4 Å². The molecule has 2 heterocycles. The average molecular weight is 435 g/mol. The number of nitrogens with zero attached hydrogens (tertiary/aromatic N) is 2. The van der Waals surface area contributed by atoms with E-state index in [1.165, 1.54) is 0 Å². The van der Waals surface area contributed by atoms with E-state index in [1.807, 2.05) is 45.2 Å². The van der Waals surface area contributed by atoms with Crippen molar-refractivity contribution in [1.29, 1.82) is 0 Å². The predicted molar refractivity (Wildman–Crippen MR) is 120 cm³/mol. The summed E-state index contributed by atoms with van der Waals surface area (Å²) < 4.78 is 21.8. The van der Waals surface area contributed by atoms with Crippen molar-refractivity contribution in [2.45, 2.75) is 32.8 Å². The van der Waals surface area contributed by atoms with Gasteiger partial charge in [0.25, 0.3) is 0 Å². The number of amides is 1. The van der Waals surface area contributed by atoms with E-state index >= 15 is 0 Å². The van der Waals surface area contributed by atoms with Gasteiger partial charge in [0.05, 0.1) is 19.7 Å². The van der Waals surface area contributed by atoms with Crippen LogP contribution in [0, 0.1) is 5.92 Å². The molecule has 0 saturated carbocycles. The molecule has 1 aliphatic heterocycles. The summed E-state index contributed by atoms with van der Waals surface area (Å²) in [6.07, 6.45) is 2.42. The van der Waals surface area contributed by atoms with E-state index in [2.05, 4.69) is 19.3 Å². The Morgan fingerprint density at radius 2 is 1.93 bits per heavy atom. The first kappa shape index (κ1) is 22.3. The highest BCUT2D eigenvalue weighted by Gasteiger charge is 2.28. The molecular formula is C21H30N4O4S.